The van der Waals surface area contributed by atoms with Crippen LogP contribution in [0.1, 0.15) is 124 Å². The summed E-state index contributed by atoms with van der Waals surface area (Å²) in [6, 6.07) is 0. The molecule has 142 valence electrons. The molecule has 0 atom stereocenters. The second-order valence-corrected chi connectivity index (χ2v) is 7.31. The van der Waals surface area contributed by atoms with Gasteiger partial charge >= 0.3 is 0 Å². The van der Waals surface area contributed by atoms with Gasteiger partial charge in [-0.2, -0.15) is 0 Å². The third-order valence-corrected chi connectivity index (χ3v) is 5.01. The van der Waals surface area contributed by atoms with E-state index >= 15 is 0 Å². The van der Waals surface area contributed by atoms with E-state index in [1.807, 2.05) is 6.92 Å². The molecule has 0 radical (unpaired) electrons. The zero-order chi connectivity index (χ0) is 18.0. The summed E-state index contributed by atoms with van der Waals surface area (Å²) in [4.78, 5) is 16.0. The van der Waals surface area contributed by atoms with E-state index in [2.05, 4.69) is 25.8 Å². The molecule has 0 fully saturated rings. The van der Waals surface area contributed by atoms with Crippen molar-refractivity contribution in [3.05, 3.63) is 0 Å². The molecule has 0 saturated carbocycles. The Morgan fingerprint density at radius 2 is 1.12 bits per heavy atom. The van der Waals surface area contributed by atoms with Crippen molar-refractivity contribution in [1.82, 2.24) is 0 Å². The van der Waals surface area contributed by atoms with Crippen LogP contribution in [0, 0.1) is 5.92 Å². The lowest BCUT2D eigenvalue weighted by Gasteiger charge is -2.17. The summed E-state index contributed by atoms with van der Waals surface area (Å²) in [6.07, 6.45) is 19.0. The number of carbonyl (C=O) groups excluding carboxylic acids is 1. The molecular formula is C22H43NO. The molecule has 0 spiro atoms. The van der Waals surface area contributed by atoms with Gasteiger partial charge in [0.2, 0.25) is 5.91 Å². The largest absolute Gasteiger partial charge is 0.273 e. The predicted molar refractivity (Wildman–Crippen MR) is 108 cm³/mol. The van der Waals surface area contributed by atoms with Gasteiger partial charge in [-0.1, -0.05) is 97.8 Å². The molecular weight excluding hydrogens is 294 g/mol. The first-order chi connectivity index (χ1) is 11.7. The fraction of sp³-hybridized carbons (Fsp3) is 0.909. The van der Waals surface area contributed by atoms with Crippen molar-refractivity contribution in [1.29, 1.82) is 0 Å². The van der Waals surface area contributed by atoms with E-state index in [1.165, 1.54) is 89.9 Å². The minimum Gasteiger partial charge on any atom is -0.273 e. The van der Waals surface area contributed by atoms with Crippen LogP contribution >= 0.6 is 0 Å². The average molecular weight is 338 g/mol. The Morgan fingerprint density at radius 3 is 1.54 bits per heavy atom. The number of hydrogen-bond donors (Lipinski definition) is 0. The van der Waals surface area contributed by atoms with Crippen molar-refractivity contribution >= 4 is 11.6 Å². The summed E-state index contributed by atoms with van der Waals surface area (Å²) in [7, 11) is 0. The maximum atomic E-state index is 11.6. The second kappa shape index (κ2) is 17.2. The lowest BCUT2D eigenvalue weighted by molar-refractivity contribution is -0.117. The Hall–Kier alpha value is -0.660. The fourth-order valence-electron chi connectivity index (χ4n) is 3.27. The summed E-state index contributed by atoms with van der Waals surface area (Å²) in [5.74, 6) is 0.571. The molecule has 0 heterocycles. The van der Waals surface area contributed by atoms with Crippen molar-refractivity contribution in [3.8, 4) is 0 Å². The third kappa shape index (κ3) is 13.7. The lowest BCUT2D eigenvalue weighted by atomic mass is 9.90. The van der Waals surface area contributed by atoms with E-state index in [9.17, 15) is 4.79 Å². The molecule has 1 amide bonds. The molecule has 0 aromatic heterocycles. The van der Waals surface area contributed by atoms with Gasteiger partial charge in [-0.25, -0.2) is 4.99 Å². The zero-order valence-electron chi connectivity index (χ0n) is 17.0. The molecule has 2 heteroatoms. The first-order valence-electron chi connectivity index (χ1n) is 10.7. The molecule has 2 nitrogen and oxygen atoms in total. The van der Waals surface area contributed by atoms with Gasteiger partial charge in [0.1, 0.15) is 0 Å². The van der Waals surface area contributed by atoms with Gasteiger partial charge in [-0.15, -0.1) is 0 Å². The molecule has 24 heavy (non-hydrogen) atoms. The molecule has 0 rings (SSSR count). The van der Waals surface area contributed by atoms with Crippen LogP contribution in [0.3, 0.4) is 0 Å². The summed E-state index contributed by atoms with van der Waals surface area (Å²) < 4.78 is 0. The highest BCUT2D eigenvalue weighted by Crippen LogP contribution is 2.21. The number of nitrogens with zero attached hydrogens (tertiary/aromatic N) is 1. The third-order valence-electron chi connectivity index (χ3n) is 5.01. The Balaban J connectivity index is 4.18. The van der Waals surface area contributed by atoms with Crippen molar-refractivity contribution in [2.75, 3.05) is 0 Å². The van der Waals surface area contributed by atoms with Crippen molar-refractivity contribution in [2.24, 2.45) is 10.9 Å². The molecule has 0 aromatic rings. The van der Waals surface area contributed by atoms with Crippen LogP contribution in [0.15, 0.2) is 4.99 Å². The van der Waals surface area contributed by atoms with E-state index < -0.39 is 0 Å². The van der Waals surface area contributed by atoms with Crippen molar-refractivity contribution in [2.45, 2.75) is 124 Å². The fourth-order valence-corrected chi connectivity index (χ4v) is 3.27. The minimum absolute atomic E-state index is 0.0448. The van der Waals surface area contributed by atoms with Gasteiger partial charge in [0, 0.05) is 12.1 Å². The van der Waals surface area contributed by atoms with Gasteiger partial charge in [-0.3, -0.25) is 4.79 Å². The van der Waals surface area contributed by atoms with E-state index in [0.717, 1.165) is 5.71 Å². The molecule has 0 aliphatic carbocycles. The number of unbranched alkanes of at least 4 members (excludes halogenated alkanes) is 10. The average Bonchev–Trinajstić information content (AvgIpc) is 2.58. The van der Waals surface area contributed by atoms with E-state index in [1.54, 1.807) is 0 Å². The Kier molecular flexibility index (Phi) is 16.7. The quantitative estimate of drug-likeness (QED) is 0.212. The second-order valence-electron chi connectivity index (χ2n) is 7.31. The standard InChI is InChI=1S/C22H43NO/c1-5-8-10-12-14-16-18-21(20(4)23-22(24)7-3)19-17-15-13-11-9-6-2/h21H,5-19H2,1-4H3/b23-20-. The number of amides is 1. The lowest BCUT2D eigenvalue weighted by Crippen LogP contribution is -2.13. The summed E-state index contributed by atoms with van der Waals surface area (Å²) >= 11 is 0. The highest BCUT2D eigenvalue weighted by Gasteiger charge is 2.13. The molecule has 0 aliphatic heterocycles. The van der Waals surface area contributed by atoms with E-state index in [0.29, 0.717) is 12.3 Å². The van der Waals surface area contributed by atoms with Gasteiger partial charge < -0.3 is 0 Å². The highest BCUT2D eigenvalue weighted by atomic mass is 16.1. The number of carbonyl (C=O) groups is 1. The first kappa shape index (κ1) is 23.3. The summed E-state index contributed by atoms with van der Waals surface area (Å²) in [5, 5.41) is 0. The molecule has 0 aliphatic rings. The molecule has 0 unspecified atom stereocenters. The predicted octanol–water partition coefficient (Wildman–Crippen LogP) is 7.50. The maximum Gasteiger partial charge on any atom is 0.245 e. The minimum atomic E-state index is 0.0448. The van der Waals surface area contributed by atoms with Crippen molar-refractivity contribution in [3.63, 3.8) is 0 Å². The Labute approximate surface area is 151 Å². The number of hydrogen-bond acceptors (Lipinski definition) is 1. The van der Waals surface area contributed by atoms with Gasteiger partial charge in [0.25, 0.3) is 0 Å². The van der Waals surface area contributed by atoms with Crippen LogP contribution < -0.4 is 0 Å². The first-order valence-corrected chi connectivity index (χ1v) is 10.7. The molecule has 0 saturated heterocycles. The molecule has 0 N–H and O–H groups in total. The topological polar surface area (TPSA) is 29.4 Å². The monoisotopic (exact) mass is 337 g/mol. The number of rotatable bonds is 16. The van der Waals surface area contributed by atoms with Gasteiger partial charge in [0.05, 0.1) is 0 Å². The van der Waals surface area contributed by atoms with Crippen LogP contribution in [0.4, 0.5) is 0 Å². The normalized spacial score (nSPS) is 12.1. The Morgan fingerprint density at radius 1 is 0.708 bits per heavy atom. The smallest absolute Gasteiger partial charge is 0.245 e. The maximum absolute atomic E-state index is 11.6. The highest BCUT2D eigenvalue weighted by molar-refractivity contribution is 5.95. The van der Waals surface area contributed by atoms with Crippen LogP contribution in [-0.4, -0.2) is 11.6 Å². The SMILES string of the molecule is CCCCCCCCC(CCCCCCCC)/C(C)=N\C(=O)CC. The van der Waals surface area contributed by atoms with Gasteiger partial charge in [0.15, 0.2) is 0 Å². The van der Waals surface area contributed by atoms with Crippen LogP contribution in [-0.2, 0) is 4.79 Å². The molecule has 0 bridgehead atoms. The zero-order valence-corrected chi connectivity index (χ0v) is 17.0. The van der Waals surface area contributed by atoms with Gasteiger partial charge in [-0.05, 0) is 25.7 Å². The van der Waals surface area contributed by atoms with Crippen LogP contribution in [0.5, 0.6) is 0 Å². The summed E-state index contributed by atoms with van der Waals surface area (Å²) in [5.41, 5.74) is 1.09. The number of aliphatic imine (C=N–C) groups is 1. The Bertz CT molecular complexity index is 306. The van der Waals surface area contributed by atoms with Crippen LogP contribution in [0.25, 0.3) is 0 Å². The molecule has 0 aromatic carbocycles. The van der Waals surface area contributed by atoms with Crippen LogP contribution in [0.2, 0.25) is 0 Å². The van der Waals surface area contributed by atoms with E-state index in [4.69, 9.17) is 0 Å². The van der Waals surface area contributed by atoms with Crippen molar-refractivity contribution < 1.29 is 4.79 Å². The van der Waals surface area contributed by atoms with E-state index in [-0.39, 0.29) is 5.91 Å². The summed E-state index contributed by atoms with van der Waals surface area (Å²) in [6.45, 7) is 8.50.